The molecule has 1 aliphatic rings. The van der Waals surface area contributed by atoms with Crippen molar-refractivity contribution >= 4 is 33.2 Å². The maximum absolute atomic E-state index is 11.8. The van der Waals surface area contributed by atoms with Crippen molar-refractivity contribution < 1.29 is 9.53 Å². The number of amides is 1. The van der Waals surface area contributed by atoms with Gasteiger partial charge in [0.15, 0.2) is 0 Å². The van der Waals surface area contributed by atoms with Crippen LogP contribution in [0.25, 0.3) is 0 Å². The molecule has 4 nitrogen and oxygen atoms in total. The van der Waals surface area contributed by atoms with Crippen LogP contribution in [-0.2, 0) is 16.0 Å². The summed E-state index contributed by atoms with van der Waals surface area (Å²) in [7, 11) is 0. The molecule has 1 saturated heterocycles. The number of hydrogen-bond donors (Lipinski definition) is 2. The van der Waals surface area contributed by atoms with Crippen LogP contribution in [0.1, 0.15) is 17.7 Å². The van der Waals surface area contributed by atoms with Gasteiger partial charge in [0.1, 0.15) is 6.10 Å². The summed E-state index contributed by atoms with van der Waals surface area (Å²) in [6.07, 6.45) is 2.25. The number of carbonyl (C=O) groups excluding carboxylic acids is 1. The molecule has 0 aliphatic carbocycles. The van der Waals surface area contributed by atoms with Crippen molar-refractivity contribution in [2.75, 3.05) is 13.1 Å². The van der Waals surface area contributed by atoms with Gasteiger partial charge in [0.05, 0.1) is 9.89 Å². The summed E-state index contributed by atoms with van der Waals surface area (Å²) in [6.45, 7) is 1.14. The van der Waals surface area contributed by atoms with E-state index in [4.69, 9.17) is 10.5 Å². The molecule has 0 bridgehead atoms. The van der Waals surface area contributed by atoms with Gasteiger partial charge in [-0.2, -0.15) is 0 Å². The number of carbonyl (C=O) groups is 1. The van der Waals surface area contributed by atoms with Gasteiger partial charge < -0.3 is 15.8 Å². The van der Waals surface area contributed by atoms with Gasteiger partial charge in [-0.1, -0.05) is 0 Å². The van der Waals surface area contributed by atoms with Crippen molar-refractivity contribution in [1.82, 2.24) is 5.32 Å². The predicted molar refractivity (Wildman–Crippen MR) is 75.7 cm³/mol. The first-order valence-corrected chi connectivity index (χ1v) is 7.67. The number of nitrogens with two attached hydrogens (primary N) is 1. The molecule has 1 aromatic rings. The van der Waals surface area contributed by atoms with Crippen LogP contribution in [0.15, 0.2) is 15.9 Å². The molecule has 6 heteroatoms. The highest BCUT2D eigenvalue weighted by Gasteiger charge is 2.29. The number of thiophene rings is 1. The molecular weight excluding hydrogens is 316 g/mol. The first kappa shape index (κ1) is 14.0. The quantitative estimate of drug-likeness (QED) is 0.862. The highest BCUT2D eigenvalue weighted by molar-refractivity contribution is 9.11. The molecule has 0 unspecified atom stereocenters. The van der Waals surface area contributed by atoms with E-state index in [0.717, 1.165) is 23.0 Å². The Kier molecular flexibility index (Phi) is 5.17. The van der Waals surface area contributed by atoms with E-state index < -0.39 is 0 Å². The Morgan fingerprint density at radius 3 is 3.00 bits per heavy atom. The minimum Gasteiger partial charge on any atom is -0.364 e. The lowest BCUT2D eigenvalue weighted by atomic mass is 10.2. The zero-order valence-electron chi connectivity index (χ0n) is 10.0. The smallest absolute Gasteiger partial charge is 0.249 e. The van der Waals surface area contributed by atoms with Crippen LogP contribution in [-0.4, -0.2) is 31.2 Å². The topological polar surface area (TPSA) is 64.4 Å². The molecule has 0 saturated carbocycles. The molecule has 2 rings (SSSR count). The van der Waals surface area contributed by atoms with E-state index in [1.54, 1.807) is 11.3 Å². The average molecular weight is 333 g/mol. The molecular formula is C12H17BrN2O2S. The number of rotatable bonds is 5. The summed E-state index contributed by atoms with van der Waals surface area (Å²) in [5, 5.41) is 2.91. The van der Waals surface area contributed by atoms with E-state index in [0.29, 0.717) is 13.1 Å². The van der Waals surface area contributed by atoms with Crippen molar-refractivity contribution in [2.24, 2.45) is 5.73 Å². The van der Waals surface area contributed by atoms with Gasteiger partial charge in [-0.3, -0.25) is 4.79 Å². The number of halogens is 1. The molecule has 0 spiro atoms. The van der Waals surface area contributed by atoms with E-state index in [2.05, 4.69) is 27.3 Å². The monoisotopic (exact) mass is 332 g/mol. The Hall–Kier alpha value is -0.430. The van der Waals surface area contributed by atoms with Crippen molar-refractivity contribution in [3.8, 4) is 0 Å². The second-order valence-electron chi connectivity index (χ2n) is 4.31. The van der Waals surface area contributed by atoms with Crippen molar-refractivity contribution in [2.45, 2.75) is 31.5 Å². The van der Waals surface area contributed by atoms with Crippen LogP contribution in [0.5, 0.6) is 0 Å². The highest BCUT2D eigenvalue weighted by Crippen LogP contribution is 2.22. The Morgan fingerprint density at radius 2 is 2.39 bits per heavy atom. The summed E-state index contributed by atoms with van der Waals surface area (Å²) < 4.78 is 6.66. The minimum atomic E-state index is -0.311. The molecule has 3 N–H and O–H groups in total. The molecule has 1 aliphatic heterocycles. The lowest BCUT2D eigenvalue weighted by Gasteiger charge is -2.12. The standard InChI is InChI=1S/C12H17BrN2O2S/c13-11-4-2-9(18-11)5-6-15-12(16)10-3-1-8(7-14)17-10/h2,4,8,10H,1,3,5-7,14H2,(H,15,16)/t8-,10+/m1/s1. The van der Waals surface area contributed by atoms with E-state index >= 15 is 0 Å². The van der Waals surface area contributed by atoms with Crippen LogP contribution < -0.4 is 11.1 Å². The third kappa shape index (κ3) is 3.78. The predicted octanol–water partition coefficient (Wildman–Crippen LogP) is 1.68. The Balaban J connectivity index is 1.69. The minimum absolute atomic E-state index is 0.0124. The van der Waals surface area contributed by atoms with Gasteiger partial charge in [-0.25, -0.2) is 0 Å². The third-order valence-corrected chi connectivity index (χ3v) is 4.65. The molecule has 2 atom stereocenters. The summed E-state index contributed by atoms with van der Waals surface area (Å²) in [5.74, 6) is -0.0124. The number of nitrogens with one attached hydrogen (secondary N) is 1. The van der Waals surface area contributed by atoms with Crippen molar-refractivity contribution in [1.29, 1.82) is 0 Å². The maximum Gasteiger partial charge on any atom is 0.249 e. The molecule has 100 valence electrons. The van der Waals surface area contributed by atoms with Gasteiger partial charge in [0, 0.05) is 18.0 Å². The second kappa shape index (κ2) is 6.65. The van der Waals surface area contributed by atoms with Crippen LogP contribution in [0.3, 0.4) is 0 Å². The van der Waals surface area contributed by atoms with Crippen molar-refractivity contribution in [3.63, 3.8) is 0 Å². The maximum atomic E-state index is 11.8. The van der Waals surface area contributed by atoms with Gasteiger partial charge in [0.2, 0.25) is 5.91 Å². The summed E-state index contributed by atoms with van der Waals surface area (Å²) in [6, 6.07) is 4.09. The fraction of sp³-hybridized carbons (Fsp3) is 0.583. The van der Waals surface area contributed by atoms with Gasteiger partial charge in [0.25, 0.3) is 0 Å². The van der Waals surface area contributed by atoms with E-state index in [-0.39, 0.29) is 18.1 Å². The normalized spacial score (nSPS) is 23.2. The zero-order valence-corrected chi connectivity index (χ0v) is 12.4. The molecule has 1 amide bonds. The largest absolute Gasteiger partial charge is 0.364 e. The lowest BCUT2D eigenvalue weighted by Crippen LogP contribution is -2.36. The number of hydrogen-bond acceptors (Lipinski definition) is 4. The highest BCUT2D eigenvalue weighted by atomic mass is 79.9. The van der Waals surface area contributed by atoms with E-state index in [1.807, 2.05) is 6.07 Å². The van der Waals surface area contributed by atoms with Crippen LogP contribution in [0.2, 0.25) is 0 Å². The van der Waals surface area contributed by atoms with Crippen LogP contribution in [0, 0.1) is 0 Å². The summed E-state index contributed by atoms with van der Waals surface area (Å²) in [4.78, 5) is 13.1. The summed E-state index contributed by atoms with van der Waals surface area (Å²) in [5.41, 5.74) is 5.51. The number of ether oxygens (including phenoxy) is 1. The van der Waals surface area contributed by atoms with E-state index in [1.165, 1.54) is 4.88 Å². The zero-order chi connectivity index (χ0) is 13.0. The molecule has 2 heterocycles. The van der Waals surface area contributed by atoms with Crippen molar-refractivity contribution in [3.05, 3.63) is 20.8 Å². The molecule has 1 aromatic heterocycles. The first-order chi connectivity index (χ1) is 8.69. The SMILES string of the molecule is NC[C@H]1CC[C@@H](C(=O)NCCc2ccc(Br)s2)O1. The van der Waals surface area contributed by atoms with Gasteiger partial charge in [-0.05, 0) is 47.3 Å². The van der Waals surface area contributed by atoms with E-state index in [9.17, 15) is 4.79 Å². The molecule has 0 radical (unpaired) electrons. The summed E-state index contributed by atoms with van der Waals surface area (Å²) >= 11 is 5.11. The van der Waals surface area contributed by atoms with Gasteiger partial charge in [-0.15, -0.1) is 11.3 Å². The Labute approximate surface area is 119 Å². The third-order valence-electron chi connectivity index (χ3n) is 2.96. The Bertz CT molecular complexity index is 411. The van der Waals surface area contributed by atoms with Crippen LogP contribution >= 0.6 is 27.3 Å². The molecule has 0 aromatic carbocycles. The molecule has 1 fully saturated rings. The first-order valence-electron chi connectivity index (χ1n) is 6.06. The molecule has 18 heavy (non-hydrogen) atoms. The average Bonchev–Trinajstić information content (AvgIpc) is 2.98. The second-order valence-corrected chi connectivity index (χ2v) is 6.85. The van der Waals surface area contributed by atoms with Crippen LogP contribution in [0.4, 0.5) is 0 Å². The van der Waals surface area contributed by atoms with Gasteiger partial charge >= 0.3 is 0 Å². The fourth-order valence-corrected chi connectivity index (χ4v) is 3.46. The lowest BCUT2D eigenvalue weighted by molar-refractivity contribution is -0.131. The Morgan fingerprint density at radius 1 is 1.56 bits per heavy atom. The fourth-order valence-electron chi connectivity index (χ4n) is 1.98.